The maximum absolute atomic E-state index is 14.4. The zero-order valence-electron chi connectivity index (χ0n) is 31.7. The predicted octanol–water partition coefficient (Wildman–Crippen LogP) is 12.2. The summed E-state index contributed by atoms with van der Waals surface area (Å²) in [5.74, 6) is -2.84. The molecule has 1 aliphatic carbocycles. The van der Waals surface area contributed by atoms with Crippen LogP contribution in [0.1, 0.15) is 212 Å². The van der Waals surface area contributed by atoms with Crippen LogP contribution in [0.15, 0.2) is 23.8 Å². The fourth-order valence-corrected chi connectivity index (χ4v) is 6.93. The number of nitrogens with one attached hydrogen (secondary N) is 2. The minimum atomic E-state index is -0.735. The van der Waals surface area contributed by atoms with Gasteiger partial charge < -0.3 is 15.7 Å². The molecule has 49 heavy (non-hydrogen) atoms. The minimum absolute atomic E-state index is 0.215. The number of aliphatic hydroxyl groups is 1. The van der Waals surface area contributed by atoms with Crippen LogP contribution in [0.4, 0.5) is 8.78 Å². The van der Waals surface area contributed by atoms with Gasteiger partial charge in [0.1, 0.15) is 0 Å². The molecular formula is C42H76F2N2O3. The van der Waals surface area contributed by atoms with Crippen LogP contribution in [0.5, 0.6) is 0 Å². The van der Waals surface area contributed by atoms with Crippen molar-refractivity contribution in [3.63, 3.8) is 0 Å². The number of carbonyl (C=O) groups excluding carboxylic acids is 2. The van der Waals surface area contributed by atoms with Gasteiger partial charge in [-0.05, 0) is 63.5 Å². The highest BCUT2D eigenvalue weighted by Crippen LogP contribution is 2.21. The Kier molecular flexibility index (Phi) is 30.8. The van der Waals surface area contributed by atoms with Crippen LogP contribution < -0.4 is 10.6 Å². The Hall–Kier alpha value is -1.76. The third-order valence-electron chi connectivity index (χ3n) is 10.1. The van der Waals surface area contributed by atoms with E-state index in [0.717, 1.165) is 44.9 Å². The van der Waals surface area contributed by atoms with Gasteiger partial charge in [0.15, 0.2) is 11.7 Å². The van der Waals surface area contributed by atoms with E-state index in [1.54, 1.807) is 0 Å². The van der Waals surface area contributed by atoms with Crippen LogP contribution in [0, 0.1) is 0 Å². The van der Waals surface area contributed by atoms with Crippen molar-refractivity contribution in [2.45, 2.75) is 224 Å². The van der Waals surface area contributed by atoms with Crippen molar-refractivity contribution in [2.75, 3.05) is 6.61 Å². The lowest BCUT2D eigenvalue weighted by Crippen LogP contribution is -2.37. The van der Waals surface area contributed by atoms with Crippen LogP contribution in [-0.4, -0.2) is 35.6 Å². The third kappa shape index (κ3) is 27.6. The SMILES string of the molecule is CCCCCCCCCCCCCCCCC=C(F)C(=O)NC1CCC(NC(=O)C(F)=CCCCCCCCCCCCCCCCO)C1. The van der Waals surface area contributed by atoms with Gasteiger partial charge in [0.2, 0.25) is 0 Å². The average molecular weight is 695 g/mol. The number of hydrogen-bond donors (Lipinski definition) is 3. The Morgan fingerprint density at radius 1 is 0.510 bits per heavy atom. The van der Waals surface area contributed by atoms with Crippen molar-refractivity contribution < 1.29 is 23.5 Å². The van der Waals surface area contributed by atoms with Gasteiger partial charge in [0, 0.05) is 18.7 Å². The van der Waals surface area contributed by atoms with Gasteiger partial charge in [-0.3, -0.25) is 9.59 Å². The molecule has 0 aliphatic heterocycles. The first-order valence-electron chi connectivity index (χ1n) is 20.9. The maximum Gasteiger partial charge on any atom is 0.279 e. The van der Waals surface area contributed by atoms with Crippen LogP contribution >= 0.6 is 0 Å². The molecule has 0 heterocycles. The largest absolute Gasteiger partial charge is 0.396 e. The van der Waals surface area contributed by atoms with Crippen molar-refractivity contribution in [3.05, 3.63) is 23.8 Å². The Labute approximate surface area is 300 Å². The number of carbonyl (C=O) groups is 2. The lowest BCUT2D eigenvalue weighted by atomic mass is 10.0. The topological polar surface area (TPSA) is 78.4 Å². The van der Waals surface area contributed by atoms with Crippen LogP contribution in [-0.2, 0) is 9.59 Å². The van der Waals surface area contributed by atoms with Gasteiger partial charge in [0.25, 0.3) is 11.8 Å². The van der Waals surface area contributed by atoms with Crippen LogP contribution in [0.2, 0.25) is 0 Å². The van der Waals surface area contributed by atoms with Crippen molar-refractivity contribution in [3.8, 4) is 0 Å². The first-order chi connectivity index (χ1) is 24.0. The Morgan fingerprint density at radius 2 is 0.796 bits per heavy atom. The van der Waals surface area contributed by atoms with E-state index in [2.05, 4.69) is 17.6 Å². The summed E-state index contributed by atoms with van der Waals surface area (Å²) in [6, 6.07) is -0.432. The molecular weight excluding hydrogens is 618 g/mol. The molecule has 286 valence electrons. The molecule has 1 aliphatic rings. The zero-order valence-corrected chi connectivity index (χ0v) is 31.7. The molecule has 1 saturated carbocycles. The van der Waals surface area contributed by atoms with E-state index < -0.39 is 23.5 Å². The summed E-state index contributed by atoms with van der Waals surface area (Å²) in [6.07, 6.45) is 38.9. The Balaban J connectivity index is 2.02. The van der Waals surface area contributed by atoms with Crippen molar-refractivity contribution in [1.29, 1.82) is 0 Å². The molecule has 0 saturated heterocycles. The van der Waals surface area contributed by atoms with Gasteiger partial charge in [-0.25, -0.2) is 8.78 Å². The van der Waals surface area contributed by atoms with E-state index in [1.165, 1.54) is 141 Å². The molecule has 2 atom stereocenters. The second kappa shape index (κ2) is 33.4. The fraction of sp³-hybridized carbons (Fsp3) is 0.857. The Bertz CT molecular complexity index is 795. The molecule has 0 bridgehead atoms. The van der Waals surface area contributed by atoms with Crippen molar-refractivity contribution in [1.82, 2.24) is 10.6 Å². The number of aliphatic hydroxyl groups excluding tert-OH is 1. The summed E-state index contributed by atoms with van der Waals surface area (Å²) < 4.78 is 28.7. The van der Waals surface area contributed by atoms with Gasteiger partial charge >= 0.3 is 0 Å². The first-order valence-corrected chi connectivity index (χ1v) is 20.9. The van der Waals surface area contributed by atoms with Crippen molar-refractivity contribution in [2.24, 2.45) is 0 Å². The Morgan fingerprint density at radius 3 is 1.10 bits per heavy atom. The molecule has 2 amide bonds. The minimum Gasteiger partial charge on any atom is -0.396 e. The first kappa shape index (κ1) is 45.3. The van der Waals surface area contributed by atoms with E-state index in [-0.39, 0.29) is 12.1 Å². The van der Waals surface area contributed by atoms with E-state index in [0.29, 0.717) is 38.7 Å². The number of unbranched alkanes of at least 4 members (excludes halogenated alkanes) is 27. The highest BCUT2D eigenvalue weighted by atomic mass is 19.1. The number of rotatable bonds is 34. The second-order valence-electron chi connectivity index (χ2n) is 14.8. The smallest absolute Gasteiger partial charge is 0.279 e. The van der Waals surface area contributed by atoms with E-state index in [4.69, 9.17) is 5.11 Å². The molecule has 0 aromatic carbocycles. The highest BCUT2D eigenvalue weighted by Gasteiger charge is 2.28. The summed E-state index contributed by atoms with van der Waals surface area (Å²) in [5.41, 5.74) is 0. The van der Waals surface area contributed by atoms with E-state index in [1.807, 2.05) is 0 Å². The summed E-state index contributed by atoms with van der Waals surface area (Å²) >= 11 is 0. The molecule has 7 heteroatoms. The monoisotopic (exact) mass is 695 g/mol. The fourth-order valence-electron chi connectivity index (χ4n) is 6.93. The van der Waals surface area contributed by atoms with Crippen LogP contribution in [0.25, 0.3) is 0 Å². The van der Waals surface area contributed by atoms with Gasteiger partial charge in [0.05, 0.1) is 0 Å². The summed E-state index contributed by atoms with van der Waals surface area (Å²) in [6.45, 7) is 2.57. The highest BCUT2D eigenvalue weighted by molar-refractivity contribution is 5.92. The normalized spacial score (nSPS) is 16.7. The van der Waals surface area contributed by atoms with Crippen LogP contribution in [0.3, 0.4) is 0 Å². The van der Waals surface area contributed by atoms with Gasteiger partial charge in [-0.2, -0.15) is 0 Å². The molecule has 2 unspecified atom stereocenters. The molecule has 0 radical (unpaired) electrons. The maximum atomic E-state index is 14.4. The number of halogens is 2. The summed E-state index contributed by atoms with van der Waals surface area (Å²) in [5, 5.41) is 14.3. The predicted molar refractivity (Wildman–Crippen MR) is 203 cm³/mol. The number of amides is 2. The molecule has 0 aromatic heterocycles. The standard InChI is InChI=1S/C42H76F2N2O3/c1-2-3-4-5-6-7-8-9-10-13-16-19-22-25-28-31-39(43)41(48)45-37-33-34-38(36-37)46-42(49)40(44)32-29-26-23-20-17-14-11-12-15-18-21-24-27-30-35-47/h31-32,37-38,47H,2-30,33-36H2,1H3,(H,45,48)(H,46,49). The lowest BCUT2D eigenvalue weighted by Gasteiger charge is -2.14. The number of allylic oxidation sites excluding steroid dienone is 2. The van der Waals surface area contributed by atoms with Crippen molar-refractivity contribution >= 4 is 11.8 Å². The lowest BCUT2D eigenvalue weighted by molar-refractivity contribution is -0.119. The molecule has 5 nitrogen and oxygen atoms in total. The molecule has 0 aromatic rings. The molecule has 3 N–H and O–H groups in total. The molecule has 0 spiro atoms. The van der Waals surface area contributed by atoms with Gasteiger partial charge in [-0.1, -0.05) is 161 Å². The van der Waals surface area contributed by atoms with E-state index in [9.17, 15) is 18.4 Å². The number of hydrogen-bond acceptors (Lipinski definition) is 3. The summed E-state index contributed by atoms with van der Waals surface area (Å²) in [7, 11) is 0. The van der Waals surface area contributed by atoms with Gasteiger partial charge in [-0.15, -0.1) is 0 Å². The van der Waals surface area contributed by atoms with E-state index >= 15 is 0 Å². The summed E-state index contributed by atoms with van der Waals surface area (Å²) in [4.78, 5) is 24.6. The quantitative estimate of drug-likeness (QED) is 0.0463. The third-order valence-corrected chi connectivity index (χ3v) is 10.1. The second-order valence-corrected chi connectivity index (χ2v) is 14.8. The molecule has 1 rings (SSSR count). The zero-order chi connectivity index (χ0) is 35.6. The molecule has 1 fully saturated rings. The average Bonchev–Trinajstić information content (AvgIpc) is 3.54.